The molecule has 1 aliphatic heterocycles. The van der Waals surface area contributed by atoms with Crippen LogP contribution < -0.4 is 4.90 Å². The molecular formula is C15H14N4O2S. The predicted octanol–water partition coefficient (Wildman–Crippen LogP) is 2.24. The number of hydrogen-bond donors (Lipinski definition) is 0. The third-order valence-electron chi connectivity index (χ3n) is 3.49. The number of pyridine rings is 1. The number of nitriles is 1. The molecule has 112 valence electrons. The van der Waals surface area contributed by atoms with E-state index in [0.29, 0.717) is 17.8 Å². The van der Waals surface area contributed by atoms with Crippen LogP contribution in [0.25, 0.3) is 0 Å². The van der Waals surface area contributed by atoms with Crippen molar-refractivity contribution in [2.45, 2.75) is 18.9 Å². The number of carbonyl (C=O) groups is 1. The van der Waals surface area contributed by atoms with E-state index in [9.17, 15) is 4.79 Å². The van der Waals surface area contributed by atoms with Crippen molar-refractivity contribution < 1.29 is 9.53 Å². The summed E-state index contributed by atoms with van der Waals surface area (Å²) in [5.41, 5.74) is 2.54. The quantitative estimate of drug-likeness (QED) is 0.808. The van der Waals surface area contributed by atoms with Crippen molar-refractivity contribution in [1.29, 1.82) is 5.26 Å². The van der Waals surface area contributed by atoms with Gasteiger partial charge in [0.05, 0.1) is 23.7 Å². The second-order valence-corrected chi connectivity index (χ2v) is 5.72. The highest BCUT2D eigenvalue weighted by Crippen LogP contribution is 2.21. The molecule has 2 aromatic rings. The second-order valence-electron chi connectivity index (χ2n) is 5.00. The number of carbonyl (C=O) groups excluding carboxylic acids is 1. The molecule has 1 saturated heterocycles. The molecule has 22 heavy (non-hydrogen) atoms. The molecule has 3 rings (SSSR count). The first kappa shape index (κ1) is 14.5. The summed E-state index contributed by atoms with van der Waals surface area (Å²) in [5.74, 6) is 0.361. The number of nitrogens with zero attached hydrogens (tertiary/aromatic N) is 4. The van der Waals surface area contributed by atoms with Crippen LogP contribution in [0.15, 0.2) is 29.2 Å². The lowest BCUT2D eigenvalue weighted by molar-refractivity contribution is 0.0263. The van der Waals surface area contributed by atoms with Crippen LogP contribution in [0.4, 0.5) is 5.82 Å². The van der Waals surface area contributed by atoms with Gasteiger partial charge in [-0.15, -0.1) is 11.3 Å². The monoisotopic (exact) mass is 314 g/mol. The largest absolute Gasteiger partial charge is 0.456 e. The van der Waals surface area contributed by atoms with E-state index in [1.54, 1.807) is 29.2 Å². The lowest BCUT2D eigenvalue weighted by atomic mass is 10.1. The number of aromatic nitrogens is 2. The van der Waals surface area contributed by atoms with Crippen LogP contribution in [-0.2, 0) is 4.74 Å². The number of anilines is 1. The molecule has 0 amide bonds. The minimum Gasteiger partial charge on any atom is -0.456 e. The first-order valence-corrected chi connectivity index (χ1v) is 7.91. The average molecular weight is 314 g/mol. The van der Waals surface area contributed by atoms with E-state index < -0.39 is 0 Å². The Morgan fingerprint density at radius 2 is 2.41 bits per heavy atom. The molecule has 0 saturated carbocycles. The summed E-state index contributed by atoms with van der Waals surface area (Å²) in [5, 5.41) is 10.6. The van der Waals surface area contributed by atoms with E-state index in [2.05, 4.69) is 16.0 Å². The summed E-state index contributed by atoms with van der Waals surface area (Å²) in [6, 6.07) is 5.54. The Morgan fingerprint density at radius 1 is 1.50 bits per heavy atom. The zero-order valence-corrected chi connectivity index (χ0v) is 12.6. The summed E-state index contributed by atoms with van der Waals surface area (Å²) >= 11 is 1.37. The van der Waals surface area contributed by atoms with Crippen LogP contribution in [0.1, 0.15) is 28.9 Å². The maximum absolute atomic E-state index is 12.0. The highest BCUT2D eigenvalue weighted by molar-refractivity contribution is 7.07. The number of esters is 1. The van der Waals surface area contributed by atoms with Gasteiger partial charge in [0.15, 0.2) is 5.69 Å². The van der Waals surface area contributed by atoms with Crippen molar-refractivity contribution in [3.8, 4) is 6.07 Å². The first-order chi connectivity index (χ1) is 10.8. The number of thiazole rings is 1. The molecule has 1 unspecified atom stereocenters. The lowest BCUT2D eigenvalue weighted by Crippen LogP contribution is -2.41. The van der Waals surface area contributed by atoms with E-state index in [0.717, 1.165) is 25.2 Å². The Bertz CT molecular complexity index is 696. The Balaban J connectivity index is 1.66. The number of piperidine rings is 1. The van der Waals surface area contributed by atoms with E-state index in [4.69, 9.17) is 10.00 Å². The highest BCUT2D eigenvalue weighted by atomic mass is 32.1. The third kappa shape index (κ3) is 3.23. The molecule has 0 aliphatic carbocycles. The summed E-state index contributed by atoms with van der Waals surface area (Å²) in [7, 11) is 0. The zero-order chi connectivity index (χ0) is 15.4. The summed E-state index contributed by atoms with van der Waals surface area (Å²) in [4.78, 5) is 22.3. The van der Waals surface area contributed by atoms with Crippen LogP contribution in [0.3, 0.4) is 0 Å². The number of ether oxygens (including phenoxy) is 1. The highest BCUT2D eigenvalue weighted by Gasteiger charge is 2.25. The van der Waals surface area contributed by atoms with Gasteiger partial charge in [-0.3, -0.25) is 0 Å². The molecular weight excluding hydrogens is 300 g/mol. The minimum atomic E-state index is -0.383. The molecule has 2 aromatic heterocycles. The third-order valence-corrected chi connectivity index (χ3v) is 4.08. The fourth-order valence-electron chi connectivity index (χ4n) is 2.43. The van der Waals surface area contributed by atoms with E-state index in [1.165, 1.54) is 11.3 Å². The van der Waals surface area contributed by atoms with Crippen molar-refractivity contribution in [3.63, 3.8) is 0 Å². The van der Waals surface area contributed by atoms with Crippen LogP contribution >= 0.6 is 11.3 Å². The average Bonchev–Trinajstić information content (AvgIpc) is 3.10. The van der Waals surface area contributed by atoms with Crippen molar-refractivity contribution in [2.24, 2.45) is 0 Å². The SMILES string of the molecule is N#Cc1ccnc(N2CCCC(OC(=O)c3cscn3)C2)c1. The van der Waals surface area contributed by atoms with Gasteiger partial charge in [-0.25, -0.2) is 14.8 Å². The molecule has 0 bridgehead atoms. The fourth-order valence-corrected chi connectivity index (χ4v) is 2.95. The zero-order valence-electron chi connectivity index (χ0n) is 11.8. The standard InChI is InChI=1S/C15H14N4O2S/c16-7-11-3-4-17-14(6-11)19-5-1-2-12(8-19)21-15(20)13-9-22-10-18-13/h3-4,6,9-10,12H,1-2,5,8H2. The Hall–Kier alpha value is -2.46. The van der Waals surface area contributed by atoms with Crippen molar-refractivity contribution >= 4 is 23.1 Å². The van der Waals surface area contributed by atoms with Gasteiger partial charge in [0.25, 0.3) is 0 Å². The molecule has 1 fully saturated rings. The molecule has 3 heterocycles. The molecule has 1 aliphatic rings. The maximum atomic E-state index is 12.0. The van der Waals surface area contributed by atoms with Gasteiger partial charge < -0.3 is 9.64 Å². The number of rotatable bonds is 3. The summed E-state index contributed by atoms with van der Waals surface area (Å²) < 4.78 is 5.51. The van der Waals surface area contributed by atoms with Gasteiger partial charge in [0.2, 0.25) is 0 Å². The molecule has 0 spiro atoms. The summed E-state index contributed by atoms with van der Waals surface area (Å²) in [6.07, 6.45) is 3.17. The second kappa shape index (κ2) is 6.54. The lowest BCUT2D eigenvalue weighted by Gasteiger charge is -2.33. The van der Waals surface area contributed by atoms with Crippen molar-refractivity contribution in [3.05, 3.63) is 40.5 Å². The van der Waals surface area contributed by atoms with Crippen molar-refractivity contribution in [2.75, 3.05) is 18.0 Å². The van der Waals surface area contributed by atoms with Gasteiger partial charge in [-0.05, 0) is 25.0 Å². The Morgan fingerprint density at radius 3 is 3.18 bits per heavy atom. The smallest absolute Gasteiger partial charge is 0.358 e. The van der Waals surface area contributed by atoms with Gasteiger partial charge in [0, 0.05) is 18.1 Å². The van der Waals surface area contributed by atoms with Gasteiger partial charge in [-0.1, -0.05) is 0 Å². The van der Waals surface area contributed by atoms with E-state index in [-0.39, 0.29) is 12.1 Å². The van der Waals surface area contributed by atoms with E-state index in [1.807, 2.05) is 4.90 Å². The molecule has 0 aromatic carbocycles. The van der Waals surface area contributed by atoms with Crippen LogP contribution in [-0.4, -0.2) is 35.1 Å². The maximum Gasteiger partial charge on any atom is 0.358 e. The van der Waals surface area contributed by atoms with Gasteiger partial charge >= 0.3 is 5.97 Å². The molecule has 0 radical (unpaired) electrons. The molecule has 1 atom stereocenters. The molecule has 0 N–H and O–H groups in total. The molecule has 7 heteroatoms. The van der Waals surface area contributed by atoms with Crippen LogP contribution in [0.2, 0.25) is 0 Å². The Kier molecular flexibility index (Phi) is 4.30. The van der Waals surface area contributed by atoms with Gasteiger partial charge in [0.1, 0.15) is 11.9 Å². The minimum absolute atomic E-state index is 0.185. The predicted molar refractivity (Wildman–Crippen MR) is 81.7 cm³/mol. The summed E-state index contributed by atoms with van der Waals surface area (Å²) in [6.45, 7) is 1.42. The molecule has 6 nitrogen and oxygen atoms in total. The van der Waals surface area contributed by atoms with Crippen molar-refractivity contribution in [1.82, 2.24) is 9.97 Å². The van der Waals surface area contributed by atoms with E-state index >= 15 is 0 Å². The van der Waals surface area contributed by atoms with Crippen LogP contribution in [0, 0.1) is 11.3 Å². The first-order valence-electron chi connectivity index (χ1n) is 6.96. The normalized spacial score (nSPS) is 17.8. The van der Waals surface area contributed by atoms with Gasteiger partial charge in [-0.2, -0.15) is 5.26 Å². The fraction of sp³-hybridized carbons (Fsp3) is 0.333. The topological polar surface area (TPSA) is 79.1 Å². The Labute approximate surface area is 132 Å². The van der Waals surface area contributed by atoms with Crippen LogP contribution in [0.5, 0.6) is 0 Å². The number of hydrogen-bond acceptors (Lipinski definition) is 7.